The van der Waals surface area contributed by atoms with Crippen molar-refractivity contribution >= 4 is 5.84 Å². The summed E-state index contributed by atoms with van der Waals surface area (Å²) in [6.07, 6.45) is 4.41. The van der Waals surface area contributed by atoms with Gasteiger partial charge in [0.1, 0.15) is 5.84 Å². The van der Waals surface area contributed by atoms with Crippen molar-refractivity contribution in [1.82, 2.24) is 4.90 Å². The van der Waals surface area contributed by atoms with Crippen LogP contribution in [0.2, 0.25) is 0 Å². The predicted molar refractivity (Wildman–Crippen MR) is 68.8 cm³/mol. The minimum Gasteiger partial charge on any atom is -0.409 e. The zero-order valence-electron chi connectivity index (χ0n) is 10.9. The number of rotatable bonds is 9. The van der Waals surface area contributed by atoms with Crippen LogP contribution in [-0.2, 0) is 0 Å². The molecule has 0 heterocycles. The van der Waals surface area contributed by atoms with E-state index in [0.29, 0.717) is 18.2 Å². The normalized spacial score (nSPS) is 12.7. The average Bonchev–Trinajstić information content (AvgIpc) is 2.24. The summed E-state index contributed by atoms with van der Waals surface area (Å²) in [6.45, 7) is 9.74. The summed E-state index contributed by atoms with van der Waals surface area (Å²) in [5.74, 6) is 0.984. The summed E-state index contributed by atoms with van der Waals surface area (Å²) in [4.78, 5) is 2.40. The first-order valence-corrected chi connectivity index (χ1v) is 6.28. The lowest BCUT2D eigenvalue weighted by Crippen LogP contribution is -2.32. The SMILES string of the molecule is CCCCCN(CCC(N)=NO)CC(C)C. The van der Waals surface area contributed by atoms with Gasteiger partial charge in [-0.2, -0.15) is 0 Å². The zero-order chi connectivity index (χ0) is 12.4. The summed E-state index contributed by atoms with van der Waals surface area (Å²) in [6, 6.07) is 0. The van der Waals surface area contributed by atoms with E-state index < -0.39 is 0 Å². The van der Waals surface area contributed by atoms with Crippen LogP contribution in [0.4, 0.5) is 0 Å². The van der Waals surface area contributed by atoms with E-state index in [0.717, 1.165) is 19.6 Å². The van der Waals surface area contributed by atoms with Crippen molar-refractivity contribution < 1.29 is 5.21 Å². The Labute approximate surface area is 99.5 Å². The smallest absolute Gasteiger partial charge is 0.140 e. The Bertz CT molecular complexity index is 193. The van der Waals surface area contributed by atoms with Crippen LogP contribution in [0.1, 0.15) is 46.5 Å². The summed E-state index contributed by atoms with van der Waals surface area (Å²) in [7, 11) is 0. The molecular formula is C12H27N3O. The van der Waals surface area contributed by atoms with Gasteiger partial charge in [0, 0.05) is 19.5 Å². The maximum absolute atomic E-state index is 8.49. The number of hydrogen-bond acceptors (Lipinski definition) is 3. The Morgan fingerprint density at radius 3 is 2.50 bits per heavy atom. The monoisotopic (exact) mass is 229 g/mol. The van der Waals surface area contributed by atoms with Crippen LogP contribution in [0.15, 0.2) is 5.16 Å². The van der Waals surface area contributed by atoms with Gasteiger partial charge in [0.15, 0.2) is 0 Å². The molecule has 0 saturated heterocycles. The van der Waals surface area contributed by atoms with Crippen LogP contribution in [0, 0.1) is 5.92 Å². The lowest BCUT2D eigenvalue weighted by atomic mass is 10.1. The summed E-state index contributed by atoms with van der Waals surface area (Å²) in [5, 5.41) is 11.5. The lowest BCUT2D eigenvalue weighted by molar-refractivity contribution is 0.244. The van der Waals surface area contributed by atoms with Crippen LogP contribution in [0.25, 0.3) is 0 Å². The summed E-state index contributed by atoms with van der Waals surface area (Å²) < 4.78 is 0. The van der Waals surface area contributed by atoms with E-state index in [1.54, 1.807) is 0 Å². The molecule has 0 aliphatic heterocycles. The fraction of sp³-hybridized carbons (Fsp3) is 0.917. The second-order valence-electron chi connectivity index (χ2n) is 4.74. The van der Waals surface area contributed by atoms with Gasteiger partial charge in [0.2, 0.25) is 0 Å². The first kappa shape index (κ1) is 15.2. The first-order chi connectivity index (χ1) is 7.60. The molecule has 0 amide bonds. The second-order valence-corrected chi connectivity index (χ2v) is 4.74. The van der Waals surface area contributed by atoms with Crippen molar-refractivity contribution in [2.45, 2.75) is 46.5 Å². The highest BCUT2D eigenvalue weighted by atomic mass is 16.4. The number of oxime groups is 1. The van der Waals surface area contributed by atoms with E-state index >= 15 is 0 Å². The topological polar surface area (TPSA) is 61.8 Å². The molecule has 0 aromatic carbocycles. The number of hydrogen-bond donors (Lipinski definition) is 2. The molecule has 0 aliphatic rings. The van der Waals surface area contributed by atoms with E-state index in [4.69, 9.17) is 10.9 Å². The maximum Gasteiger partial charge on any atom is 0.140 e. The van der Waals surface area contributed by atoms with Crippen LogP contribution < -0.4 is 5.73 Å². The zero-order valence-corrected chi connectivity index (χ0v) is 10.9. The highest BCUT2D eigenvalue weighted by Crippen LogP contribution is 2.04. The molecule has 0 unspecified atom stereocenters. The van der Waals surface area contributed by atoms with Gasteiger partial charge < -0.3 is 15.8 Å². The molecule has 16 heavy (non-hydrogen) atoms. The molecule has 0 aromatic heterocycles. The fourth-order valence-electron chi connectivity index (χ4n) is 1.72. The van der Waals surface area contributed by atoms with E-state index in [1.165, 1.54) is 19.3 Å². The Kier molecular flexibility index (Phi) is 9.00. The van der Waals surface area contributed by atoms with E-state index in [2.05, 4.69) is 30.8 Å². The molecule has 0 saturated carbocycles. The van der Waals surface area contributed by atoms with Crippen molar-refractivity contribution in [2.24, 2.45) is 16.8 Å². The lowest BCUT2D eigenvalue weighted by Gasteiger charge is -2.23. The highest BCUT2D eigenvalue weighted by Gasteiger charge is 2.07. The van der Waals surface area contributed by atoms with Crippen molar-refractivity contribution in [3.63, 3.8) is 0 Å². The van der Waals surface area contributed by atoms with Gasteiger partial charge in [-0.15, -0.1) is 0 Å². The number of unbranched alkanes of at least 4 members (excludes halogenated alkanes) is 2. The number of nitrogens with two attached hydrogens (primary N) is 1. The predicted octanol–water partition coefficient (Wildman–Crippen LogP) is 2.27. The van der Waals surface area contributed by atoms with Gasteiger partial charge in [0.25, 0.3) is 0 Å². The van der Waals surface area contributed by atoms with Crippen LogP contribution in [-0.4, -0.2) is 35.6 Å². The molecule has 0 aromatic rings. The molecule has 0 atom stereocenters. The molecule has 0 bridgehead atoms. The standard InChI is InChI=1S/C12H27N3O/c1-4-5-6-8-15(10-11(2)3)9-7-12(13)14-16/h11,16H,4-10H2,1-3H3,(H2,13,14). The largest absolute Gasteiger partial charge is 0.409 e. The molecule has 0 radical (unpaired) electrons. The van der Waals surface area contributed by atoms with Gasteiger partial charge >= 0.3 is 0 Å². The quantitative estimate of drug-likeness (QED) is 0.210. The molecule has 0 fully saturated rings. The first-order valence-electron chi connectivity index (χ1n) is 6.28. The van der Waals surface area contributed by atoms with E-state index in [-0.39, 0.29) is 0 Å². The Balaban J connectivity index is 3.89. The molecule has 3 N–H and O–H groups in total. The molecule has 0 spiro atoms. The fourth-order valence-corrected chi connectivity index (χ4v) is 1.72. The van der Waals surface area contributed by atoms with E-state index in [9.17, 15) is 0 Å². The summed E-state index contributed by atoms with van der Waals surface area (Å²) in [5.41, 5.74) is 5.48. The third kappa shape index (κ3) is 8.53. The van der Waals surface area contributed by atoms with Gasteiger partial charge in [-0.1, -0.05) is 38.8 Å². The van der Waals surface area contributed by atoms with Crippen molar-refractivity contribution in [2.75, 3.05) is 19.6 Å². The summed E-state index contributed by atoms with van der Waals surface area (Å²) >= 11 is 0. The highest BCUT2D eigenvalue weighted by molar-refractivity contribution is 5.79. The number of nitrogens with zero attached hydrogens (tertiary/aromatic N) is 2. The molecule has 4 heteroatoms. The van der Waals surface area contributed by atoms with Crippen LogP contribution >= 0.6 is 0 Å². The third-order valence-corrected chi connectivity index (χ3v) is 2.51. The second kappa shape index (κ2) is 9.46. The Hall–Kier alpha value is -0.770. The minimum atomic E-state index is 0.323. The van der Waals surface area contributed by atoms with Gasteiger partial charge in [-0.25, -0.2) is 0 Å². The molecule has 4 nitrogen and oxygen atoms in total. The van der Waals surface area contributed by atoms with Crippen molar-refractivity contribution in [3.8, 4) is 0 Å². The Morgan fingerprint density at radius 1 is 1.31 bits per heavy atom. The third-order valence-electron chi connectivity index (χ3n) is 2.51. The molecule has 0 aliphatic carbocycles. The molecule has 0 rings (SSSR count). The van der Waals surface area contributed by atoms with Crippen LogP contribution in [0.3, 0.4) is 0 Å². The van der Waals surface area contributed by atoms with Gasteiger partial charge in [-0.05, 0) is 18.9 Å². The van der Waals surface area contributed by atoms with E-state index in [1.807, 2.05) is 0 Å². The average molecular weight is 229 g/mol. The molecule has 96 valence electrons. The minimum absolute atomic E-state index is 0.323. The van der Waals surface area contributed by atoms with Crippen LogP contribution in [0.5, 0.6) is 0 Å². The Morgan fingerprint density at radius 2 is 2.00 bits per heavy atom. The van der Waals surface area contributed by atoms with Crippen molar-refractivity contribution in [3.05, 3.63) is 0 Å². The van der Waals surface area contributed by atoms with Gasteiger partial charge in [0.05, 0.1) is 0 Å². The van der Waals surface area contributed by atoms with Gasteiger partial charge in [-0.3, -0.25) is 0 Å². The molecular weight excluding hydrogens is 202 g/mol. The number of amidine groups is 1. The maximum atomic E-state index is 8.49. The van der Waals surface area contributed by atoms with Crippen molar-refractivity contribution in [1.29, 1.82) is 0 Å².